The van der Waals surface area contributed by atoms with Gasteiger partial charge in [-0.15, -0.1) is 0 Å². The molecule has 1 heterocycles. The molecule has 27 heavy (non-hydrogen) atoms. The zero-order chi connectivity index (χ0) is 19.6. The van der Waals surface area contributed by atoms with E-state index in [1.165, 1.54) is 22.3 Å². The van der Waals surface area contributed by atoms with Crippen LogP contribution in [0.5, 0.6) is 17.2 Å². The molecule has 0 saturated heterocycles. The van der Waals surface area contributed by atoms with Gasteiger partial charge in [-0.05, 0) is 59.7 Å². The number of benzene rings is 2. The average Bonchev–Trinajstić information content (AvgIpc) is 2.66. The smallest absolute Gasteiger partial charge is 0.161 e. The molecule has 0 aliphatic carbocycles. The molecule has 0 radical (unpaired) electrons. The quantitative estimate of drug-likeness (QED) is 0.834. The van der Waals surface area contributed by atoms with Crippen LogP contribution in [0, 0.1) is 0 Å². The van der Waals surface area contributed by atoms with Gasteiger partial charge >= 0.3 is 0 Å². The standard InChI is InChI=1S/C23H31NO3/c1-7-27-21-14-17-15(12-20(21)26-6)10-11-24-22(17)18-13-16(23(2,3)4)8-9-19(18)25-5/h8-9,12-14,22,24H,7,10-11H2,1-6H3. The third kappa shape index (κ3) is 3.91. The molecule has 0 bridgehead atoms. The van der Waals surface area contributed by atoms with Crippen LogP contribution >= 0.6 is 0 Å². The Morgan fingerprint density at radius 3 is 2.33 bits per heavy atom. The van der Waals surface area contributed by atoms with Gasteiger partial charge in [-0.2, -0.15) is 0 Å². The number of hydrogen-bond acceptors (Lipinski definition) is 4. The number of nitrogens with one attached hydrogen (secondary N) is 1. The monoisotopic (exact) mass is 369 g/mol. The summed E-state index contributed by atoms with van der Waals surface area (Å²) in [5.41, 5.74) is 5.07. The fraction of sp³-hybridized carbons (Fsp3) is 0.478. The first-order valence-electron chi connectivity index (χ1n) is 9.64. The summed E-state index contributed by atoms with van der Waals surface area (Å²) in [6.07, 6.45) is 0.968. The number of rotatable bonds is 5. The van der Waals surface area contributed by atoms with Gasteiger partial charge in [-0.1, -0.05) is 26.8 Å². The molecule has 3 rings (SSSR count). The topological polar surface area (TPSA) is 39.7 Å². The van der Waals surface area contributed by atoms with Gasteiger partial charge in [0.2, 0.25) is 0 Å². The SMILES string of the molecule is CCOc1cc2c(cc1OC)CCNC2c1cc(C(C)(C)C)ccc1OC. The molecule has 0 amide bonds. The normalized spacial score (nSPS) is 16.6. The van der Waals surface area contributed by atoms with E-state index in [9.17, 15) is 0 Å². The predicted octanol–water partition coefficient (Wildman–Crippen LogP) is 4.64. The van der Waals surface area contributed by atoms with Crippen molar-refractivity contribution in [3.8, 4) is 17.2 Å². The van der Waals surface area contributed by atoms with Crippen LogP contribution in [0.3, 0.4) is 0 Å². The van der Waals surface area contributed by atoms with Crippen molar-refractivity contribution < 1.29 is 14.2 Å². The van der Waals surface area contributed by atoms with Gasteiger partial charge in [0.05, 0.1) is 26.9 Å². The number of fused-ring (bicyclic) bond motifs is 1. The predicted molar refractivity (Wildman–Crippen MR) is 109 cm³/mol. The van der Waals surface area contributed by atoms with E-state index < -0.39 is 0 Å². The highest BCUT2D eigenvalue weighted by atomic mass is 16.5. The first-order chi connectivity index (χ1) is 12.9. The Balaban J connectivity index is 2.14. The number of ether oxygens (including phenoxy) is 3. The fourth-order valence-corrected chi connectivity index (χ4v) is 3.70. The Kier molecular flexibility index (Phi) is 5.66. The Hall–Kier alpha value is -2.20. The highest BCUT2D eigenvalue weighted by Crippen LogP contribution is 2.41. The van der Waals surface area contributed by atoms with Crippen LogP contribution in [0.25, 0.3) is 0 Å². The lowest BCUT2D eigenvalue weighted by Gasteiger charge is -2.31. The van der Waals surface area contributed by atoms with E-state index >= 15 is 0 Å². The second-order valence-corrected chi connectivity index (χ2v) is 7.98. The minimum Gasteiger partial charge on any atom is -0.496 e. The van der Waals surface area contributed by atoms with Crippen molar-refractivity contribution in [2.75, 3.05) is 27.4 Å². The fourth-order valence-electron chi connectivity index (χ4n) is 3.70. The Morgan fingerprint density at radius 2 is 1.70 bits per heavy atom. The molecule has 1 aliphatic heterocycles. The second-order valence-electron chi connectivity index (χ2n) is 7.98. The summed E-state index contributed by atoms with van der Waals surface area (Å²) in [6, 6.07) is 10.8. The minimum atomic E-state index is 0.0658. The summed E-state index contributed by atoms with van der Waals surface area (Å²) < 4.78 is 17.1. The van der Waals surface area contributed by atoms with Crippen LogP contribution in [0.2, 0.25) is 0 Å². The highest BCUT2D eigenvalue weighted by Gasteiger charge is 2.27. The summed E-state index contributed by atoms with van der Waals surface area (Å²) in [5, 5.41) is 3.68. The molecular formula is C23H31NO3. The lowest BCUT2D eigenvalue weighted by Crippen LogP contribution is -2.31. The van der Waals surface area contributed by atoms with E-state index in [2.05, 4.69) is 56.4 Å². The average molecular weight is 370 g/mol. The van der Waals surface area contributed by atoms with Crippen molar-refractivity contribution in [1.29, 1.82) is 0 Å². The van der Waals surface area contributed by atoms with Gasteiger partial charge in [-0.25, -0.2) is 0 Å². The van der Waals surface area contributed by atoms with Gasteiger partial charge < -0.3 is 19.5 Å². The molecule has 1 N–H and O–H groups in total. The van der Waals surface area contributed by atoms with E-state index in [-0.39, 0.29) is 11.5 Å². The van der Waals surface area contributed by atoms with E-state index in [4.69, 9.17) is 14.2 Å². The second kappa shape index (κ2) is 7.81. The van der Waals surface area contributed by atoms with Crippen molar-refractivity contribution in [1.82, 2.24) is 5.32 Å². The zero-order valence-electron chi connectivity index (χ0n) is 17.3. The lowest BCUT2D eigenvalue weighted by atomic mass is 9.83. The molecule has 4 heteroatoms. The van der Waals surface area contributed by atoms with Crippen molar-refractivity contribution in [3.05, 3.63) is 52.6 Å². The van der Waals surface area contributed by atoms with Gasteiger partial charge in [-0.3, -0.25) is 0 Å². The van der Waals surface area contributed by atoms with E-state index in [0.29, 0.717) is 6.61 Å². The molecule has 0 aromatic heterocycles. The number of hydrogen-bond donors (Lipinski definition) is 1. The molecule has 2 aromatic carbocycles. The molecule has 1 atom stereocenters. The summed E-state index contributed by atoms with van der Waals surface area (Å²) in [6.45, 7) is 10.2. The van der Waals surface area contributed by atoms with Crippen molar-refractivity contribution >= 4 is 0 Å². The van der Waals surface area contributed by atoms with Crippen LogP contribution in [0.4, 0.5) is 0 Å². The van der Waals surface area contributed by atoms with Gasteiger partial charge in [0.1, 0.15) is 5.75 Å². The van der Waals surface area contributed by atoms with E-state index in [0.717, 1.165) is 30.2 Å². The molecule has 1 aliphatic rings. The Bertz CT molecular complexity index is 808. The minimum absolute atomic E-state index is 0.0658. The lowest BCUT2D eigenvalue weighted by molar-refractivity contribution is 0.309. The van der Waals surface area contributed by atoms with Crippen LogP contribution in [-0.2, 0) is 11.8 Å². The first kappa shape index (κ1) is 19.6. The Labute approximate surface area is 162 Å². The van der Waals surface area contributed by atoms with Gasteiger partial charge in [0.25, 0.3) is 0 Å². The van der Waals surface area contributed by atoms with E-state index in [1.807, 2.05) is 6.92 Å². The summed E-state index contributed by atoms with van der Waals surface area (Å²) in [7, 11) is 3.43. The largest absolute Gasteiger partial charge is 0.496 e. The highest BCUT2D eigenvalue weighted by molar-refractivity contribution is 5.54. The van der Waals surface area contributed by atoms with Gasteiger partial charge in [0, 0.05) is 12.1 Å². The molecular weight excluding hydrogens is 338 g/mol. The third-order valence-electron chi connectivity index (χ3n) is 5.19. The maximum atomic E-state index is 5.83. The first-order valence-corrected chi connectivity index (χ1v) is 9.64. The molecule has 4 nitrogen and oxygen atoms in total. The van der Waals surface area contributed by atoms with Crippen LogP contribution in [0.15, 0.2) is 30.3 Å². The van der Waals surface area contributed by atoms with Crippen molar-refractivity contribution in [3.63, 3.8) is 0 Å². The zero-order valence-corrected chi connectivity index (χ0v) is 17.3. The van der Waals surface area contributed by atoms with Crippen LogP contribution < -0.4 is 19.5 Å². The van der Waals surface area contributed by atoms with Crippen LogP contribution in [-0.4, -0.2) is 27.4 Å². The van der Waals surface area contributed by atoms with E-state index in [1.54, 1.807) is 14.2 Å². The molecule has 146 valence electrons. The molecule has 2 aromatic rings. The maximum Gasteiger partial charge on any atom is 0.161 e. The summed E-state index contributed by atoms with van der Waals surface area (Å²) >= 11 is 0. The molecule has 1 unspecified atom stereocenters. The summed E-state index contributed by atoms with van der Waals surface area (Å²) in [5.74, 6) is 2.49. The molecule has 0 saturated carbocycles. The molecule has 0 fully saturated rings. The number of methoxy groups -OCH3 is 2. The van der Waals surface area contributed by atoms with Crippen molar-refractivity contribution in [2.24, 2.45) is 0 Å². The van der Waals surface area contributed by atoms with Crippen molar-refractivity contribution in [2.45, 2.75) is 45.6 Å². The third-order valence-corrected chi connectivity index (χ3v) is 5.19. The summed E-state index contributed by atoms with van der Waals surface area (Å²) in [4.78, 5) is 0. The van der Waals surface area contributed by atoms with Crippen LogP contribution in [0.1, 0.15) is 56.0 Å². The maximum absolute atomic E-state index is 5.83. The van der Waals surface area contributed by atoms with Gasteiger partial charge in [0.15, 0.2) is 11.5 Å². The Morgan fingerprint density at radius 1 is 0.963 bits per heavy atom. The molecule has 0 spiro atoms.